The van der Waals surface area contributed by atoms with Crippen molar-refractivity contribution in [3.63, 3.8) is 0 Å². The van der Waals surface area contributed by atoms with Gasteiger partial charge in [0.1, 0.15) is 11.9 Å². The predicted molar refractivity (Wildman–Crippen MR) is 67.7 cm³/mol. The number of fused-ring (bicyclic) bond motifs is 1. The van der Waals surface area contributed by atoms with Crippen LogP contribution in [-0.2, 0) is 9.59 Å². The highest BCUT2D eigenvalue weighted by Gasteiger charge is 2.41. The lowest BCUT2D eigenvalue weighted by molar-refractivity contribution is -0.124. The largest absolute Gasteiger partial charge is 0.300 e. The molecule has 1 unspecified atom stereocenters. The number of nitrogens with one attached hydrogen (secondary N) is 1. The van der Waals surface area contributed by atoms with E-state index in [0.29, 0.717) is 0 Å². The van der Waals surface area contributed by atoms with Crippen LogP contribution in [0, 0.1) is 5.82 Å². The van der Waals surface area contributed by atoms with Crippen molar-refractivity contribution >= 4 is 39.2 Å². The van der Waals surface area contributed by atoms with Gasteiger partial charge in [0.15, 0.2) is 0 Å². The molecule has 0 fully saturated rings. The molecular formula is C11H9BrFN3O3. The lowest BCUT2D eigenvalue weighted by Gasteiger charge is -2.22. The second-order valence-electron chi connectivity index (χ2n) is 3.97. The third kappa shape index (κ3) is 2.02. The normalized spacial score (nSPS) is 15.5. The molecule has 0 saturated heterocycles. The van der Waals surface area contributed by atoms with Crippen LogP contribution in [0.5, 0.6) is 0 Å². The monoisotopic (exact) mass is 329 g/mol. The van der Waals surface area contributed by atoms with Crippen LogP contribution in [0.1, 0.15) is 17.3 Å². The van der Waals surface area contributed by atoms with Crippen LogP contribution in [0.15, 0.2) is 16.6 Å². The highest BCUT2D eigenvalue weighted by atomic mass is 79.9. The van der Waals surface area contributed by atoms with Crippen LogP contribution in [0.2, 0.25) is 0 Å². The van der Waals surface area contributed by atoms with Gasteiger partial charge in [-0.15, -0.1) is 0 Å². The van der Waals surface area contributed by atoms with Crippen molar-refractivity contribution in [1.82, 2.24) is 5.43 Å². The lowest BCUT2D eigenvalue weighted by Crippen LogP contribution is -2.49. The molecule has 19 heavy (non-hydrogen) atoms. The average Bonchev–Trinajstić information content (AvgIpc) is 2.61. The van der Waals surface area contributed by atoms with Gasteiger partial charge in [-0.25, -0.2) is 10.2 Å². The summed E-state index contributed by atoms with van der Waals surface area (Å²) in [5.41, 5.74) is 2.00. The SMILES string of the molecule is CC(C(=O)NN)N1C(=O)C(=O)c2cc(Br)c(F)cc21. The van der Waals surface area contributed by atoms with Gasteiger partial charge >= 0.3 is 0 Å². The molecule has 2 rings (SSSR count). The molecule has 0 aliphatic carbocycles. The molecule has 0 spiro atoms. The van der Waals surface area contributed by atoms with Gasteiger partial charge in [-0.1, -0.05) is 0 Å². The van der Waals surface area contributed by atoms with Gasteiger partial charge in [-0.3, -0.25) is 24.7 Å². The zero-order valence-electron chi connectivity index (χ0n) is 9.74. The fourth-order valence-corrected chi connectivity index (χ4v) is 2.22. The Morgan fingerprint density at radius 2 is 2.11 bits per heavy atom. The van der Waals surface area contributed by atoms with E-state index in [9.17, 15) is 18.8 Å². The van der Waals surface area contributed by atoms with E-state index < -0.39 is 29.5 Å². The van der Waals surface area contributed by atoms with E-state index in [1.165, 1.54) is 13.0 Å². The molecule has 6 nitrogen and oxygen atoms in total. The van der Waals surface area contributed by atoms with Gasteiger partial charge < -0.3 is 0 Å². The smallest absolute Gasteiger partial charge is 0.292 e. The molecule has 1 heterocycles. The standard InChI is InChI=1S/C11H9BrFN3O3/c1-4(10(18)15-14)16-8-3-7(13)6(12)2-5(8)9(17)11(16)19/h2-4H,14H2,1H3,(H,15,18). The minimum atomic E-state index is -1.01. The number of halogens is 2. The van der Waals surface area contributed by atoms with Crippen LogP contribution < -0.4 is 16.2 Å². The Morgan fingerprint density at radius 3 is 2.68 bits per heavy atom. The zero-order valence-corrected chi connectivity index (χ0v) is 11.3. The van der Waals surface area contributed by atoms with Crippen molar-refractivity contribution in [1.29, 1.82) is 0 Å². The topological polar surface area (TPSA) is 92.5 Å². The van der Waals surface area contributed by atoms with Crippen molar-refractivity contribution < 1.29 is 18.8 Å². The van der Waals surface area contributed by atoms with Crippen LogP contribution in [0.25, 0.3) is 0 Å². The van der Waals surface area contributed by atoms with E-state index in [2.05, 4.69) is 15.9 Å². The van der Waals surface area contributed by atoms with E-state index in [0.717, 1.165) is 11.0 Å². The first-order valence-corrected chi connectivity index (χ1v) is 6.05. The summed E-state index contributed by atoms with van der Waals surface area (Å²) >= 11 is 2.94. The van der Waals surface area contributed by atoms with Crippen molar-refractivity contribution in [2.75, 3.05) is 4.90 Å². The highest BCUT2D eigenvalue weighted by Crippen LogP contribution is 2.34. The van der Waals surface area contributed by atoms with Crippen LogP contribution in [0.4, 0.5) is 10.1 Å². The summed E-state index contributed by atoms with van der Waals surface area (Å²) in [4.78, 5) is 36.0. The maximum atomic E-state index is 13.5. The van der Waals surface area contributed by atoms with Crippen LogP contribution in [-0.4, -0.2) is 23.6 Å². The number of anilines is 1. The third-order valence-electron chi connectivity index (χ3n) is 2.86. The summed E-state index contributed by atoms with van der Waals surface area (Å²) in [7, 11) is 0. The maximum Gasteiger partial charge on any atom is 0.300 e. The van der Waals surface area contributed by atoms with E-state index in [1.54, 1.807) is 0 Å². The molecule has 2 amide bonds. The molecule has 1 aliphatic heterocycles. The maximum absolute atomic E-state index is 13.5. The number of Topliss-reactive ketones (excluding diaryl/α,β-unsaturated/α-hetero) is 1. The number of nitrogens with two attached hydrogens (primary N) is 1. The van der Waals surface area contributed by atoms with E-state index in [4.69, 9.17) is 5.84 Å². The Balaban J connectivity index is 2.56. The first-order chi connectivity index (χ1) is 8.88. The molecule has 1 aromatic carbocycles. The van der Waals surface area contributed by atoms with Crippen molar-refractivity contribution in [2.45, 2.75) is 13.0 Å². The summed E-state index contributed by atoms with van der Waals surface area (Å²) in [5.74, 6) is 2.03. The second-order valence-corrected chi connectivity index (χ2v) is 4.83. The first kappa shape index (κ1) is 13.6. The Morgan fingerprint density at radius 1 is 1.47 bits per heavy atom. The Hall–Kier alpha value is -1.80. The van der Waals surface area contributed by atoms with E-state index >= 15 is 0 Å². The predicted octanol–water partition coefficient (Wildman–Crippen LogP) is 0.496. The number of hydrogen-bond acceptors (Lipinski definition) is 4. The first-order valence-electron chi connectivity index (χ1n) is 5.26. The van der Waals surface area contributed by atoms with E-state index in [-0.39, 0.29) is 15.7 Å². The fourth-order valence-electron chi connectivity index (χ4n) is 1.87. The summed E-state index contributed by atoms with van der Waals surface area (Å²) in [5, 5.41) is 0. The second kappa shape index (κ2) is 4.71. The molecule has 1 aromatic rings. The van der Waals surface area contributed by atoms with Crippen LogP contribution in [0.3, 0.4) is 0 Å². The number of rotatable bonds is 2. The summed E-state index contributed by atoms with van der Waals surface area (Å²) in [6.07, 6.45) is 0. The average molecular weight is 330 g/mol. The Labute approximate surface area is 115 Å². The zero-order chi connectivity index (χ0) is 14.3. The molecule has 100 valence electrons. The number of nitrogens with zero attached hydrogens (tertiary/aromatic N) is 1. The molecule has 0 saturated carbocycles. The molecular weight excluding hydrogens is 321 g/mol. The molecule has 3 N–H and O–H groups in total. The van der Waals surface area contributed by atoms with E-state index in [1.807, 2.05) is 5.43 Å². The number of carbonyl (C=O) groups excluding carboxylic acids is 3. The van der Waals surface area contributed by atoms with Gasteiger partial charge in [-0.05, 0) is 35.0 Å². The lowest BCUT2D eigenvalue weighted by atomic mass is 10.1. The molecule has 0 aromatic heterocycles. The highest BCUT2D eigenvalue weighted by molar-refractivity contribution is 9.10. The molecule has 0 radical (unpaired) electrons. The number of hydrogen-bond donors (Lipinski definition) is 2. The number of hydrazine groups is 1. The number of amides is 2. The van der Waals surface area contributed by atoms with Gasteiger partial charge in [-0.2, -0.15) is 0 Å². The summed E-state index contributed by atoms with van der Waals surface area (Å²) in [6.45, 7) is 1.39. The number of ketones is 1. The van der Waals surface area contributed by atoms with Gasteiger partial charge in [0.25, 0.3) is 17.6 Å². The summed E-state index contributed by atoms with van der Waals surface area (Å²) in [6, 6.07) is 1.24. The summed E-state index contributed by atoms with van der Waals surface area (Å²) < 4.78 is 13.6. The third-order valence-corrected chi connectivity index (χ3v) is 3.47. The van der Waals surface area contributed by atoms with Gasteiger partial charge in [0, 0.05) is 0 Å². The van der Waals surface area contributed by atoms with Crippen molar-refractivity contribution in [3.8, 4) is 0 Å². The minimum Gasteiger partial charge on any atom is -0.292 e. The quantitative estimate of drug-likeness (QED) is 0.357. The van der Waals surface area contributed by atoms with Gasteiger partial charge in [0.05, 0.1) is 15.7 Å². The number of benzene rings is 1. The molecule has 1 atom stereocenters. The Bertz CT molecular complexity index is 605. The molecule has 8 heteroatoms. The Kier molecular flexibility index (Phi) is 3.38. The molecule has 1 aliphatic rings. The molecule has 0 bridgehead atoms. The fraction of sp³-hybridized carbons (Fsp3) is 0.182. The minimum absolute atomic E-state index is 0.0509. The van der Waals surface area contributed by atoms with Crippen molar-refractivity contribution in [2.24, 2.45) is 5.84 Å². The van der Waals surface area contributed by atoms with Crippen LogP contribution >= 0.6 is 15.9 Å². The van der Waals surface area contributed by atoms with Gasteiger partial charge in [0.2, 0.25) is 0 Å². The number of carbonyl (C=O) groups is 3. The van der Waals surface area contributed by atoms with Crippen molar-refractivity contribution in [3.05, 3.63) is 28.0 Å².